The summed E-state index contributed by atoms with van der Waals surface area (Å²) in [5.41, 5.74) is 12.5. The lowest BCUT2D eigenvalue weighted by Crippen LogP contribution is -2.32. The van der Waals surface area contributed by atoms with Gasteiger partial charge in [-0.3, -0.25) is 0 Å². The Balaban J connectivity index is 1.23. The van der Waals surface area contributed by atoms with Crippen molar-refractivity contribution in [3.05, 3.63) is 192 Å². The molecule has 0 saturated heterocycles. The van der Waals surface area contributed by atoms with Crippen LogP contribution in [-0.4, -0.2) is 9.97 Å². The second-order valence-corrected chi connectivity index (χ2v) is 13.6. The van der Waals surface area contributed by atoms with Gasteiger partial charge in [0, 0.05) is 26.5 Å². The molecule has 1 spiro atoms. The molecule has 1 aliphatic heterocycles. The number of rotatable bonds is 3. The molecular formula is C45H28N2S. The summed E-state index contributed by atoms with van der Waals surface area (Å²) in [5.74, 6) is 0.722. The fourth-order valence-electron chi connectivity index (χ4n) is 7.82. The molecule has 0 saturated carbocycles. The van der Waals surface area contributed by atoms with Crippen LogP contribution in [0.4, 0.5) is 0 Å². The quantitative estimate of drug-likeness (QED) is 0.195. The molecule has 1 aromatic heterocycles. The van der Waals surface area contributed by atoms with Gasteiger partial charge in [0.25, 0.3) is 0 Å². The fraction of sp³-hybridized carbons (Fsp3) is 0.0222. The highest BCUT2D eigenvalue weighted by Gasteiger charge is 2.50. The Hall–Kier alpha value is -5.77. The maximum Gasteiger partial charge on any atom is 0.160 e. The highest BCUT2D eigenvalue weighted by Crippen LogP contribution is 2.62. The second-order valence-electron chi connectivity index (χ2n) is 12.5. The maximum absolute atomic E-state index is 5.24. The van der Waals surface area contributed by atoms with Crippen molar-refractivity contribution in [1.82, 2.24) is 9.97 Å². The Morgan fingerprint density at radius 3 is 1.69 bits per heavy atom. The van der Waals surface area contributed by atoms with Gasteiger partial charge in [-0.05, 0) is 74.5 Å². The van der Waals surface area contributed by atoms with Gasteiger partial charge >= 0.3 is 0 Å². The van der Waals surface area contributed by atoms with E-state index in [4.69, 9.17) is 9.97 Å². The summed E-state index contributed by atoms with van der Waals surface area (Å²) in [6.45, 7) is 0. The molecule has 0 N–H and O–H groups in total. The van der Waals surface area contributed by atoms with Crippen LogP contribution in [0.15, 0.2) is 180 Å². The predicted molar refractivity (Wildman–Crippen MR) is 197 cm³/mol. The van der Waals surface area contributed by atoms with Crippen molar-refractivity contribution < 1.29 is 0 Å². The fourth-order valence-corrected chi connectivity index (χ4v) is 9.00. The predicted octanol–water partition coefficient (Wildman–Crippen LogP) is 11.5. The topological polar surface area (TPSA) is 25.8 Å². The number of hydrogen-bond donors (Lipinski definition) is 0. The Kier molecular flexibility index (Phi) is 6.06. The van der Waals surface area contributed by atoms with Crippen molar-refractivity contribution in [1.29, 1.82) is 0 Å². The van der Waals surface area contributed by atoms with Gasteiger partial charge in [0.1, 0.15) is 0 Å². The third-order valence-corrected chi connectivity index (χ3v) is 11.1. The lowest BCUT2D eigenvalue weighted by atomic mass is 9.67. The van der Waals surface area contributed by atoms with Gasteiger partial charge in [0.2, 0.25) is 0 Å². The molecule has 10 rings (SSSR count). The molecule has 0 radical (unpaired) electrons. The van der Waals surface area contributed by atoms with E-state index in [9.17, 15) is 0 Å². The molecule has 8 aromatic rings. The van der Waals surface area contributed by atoms with Crippen LogP contribution in [0.25, 0.3) is 55.8 Å². The molecular weight excluding hydrogens is 601 g/mol. The summed E-state index contributed by atoms with van der Waals surface area (Å²) in [4.78, 5) is 13.0. The SMILES string of the molecule is c1ccc(-c2nc(-c3ccc4c(c3)C3(c5ccccc5S4)c4ccccc4-c4ccccc43)cc(-c3ccc4ccccc4c3)n2)cc1. The van der Waals surface area contributed by atoms with E-state index in [0.29, 0.717) is 0 Å². The van der Waals surface area contributed by atoms with Crippen LogP contribution in [0.2, 0.25) is 0 Å². The third-order valence-electron chi connectivity index (χ3n) is 9.95. The van der Waals surface area contributed by atoms with E-state index in [1.807, 2.05) is 30.0 Å². The number of aromatic nitrogens is 2. The normalized spacial score (nSPS) is 13.5. The molecule has 0 bridgehead atoms. The number of hydrogen-bond acceptors (Lipinski definition) is 3. The lowest BCUT2D eigenvalue weighted by molar-refractivity contribution is 0.722. The number of fused-ring (bicyclic) bond motifs is 10. The van der Waals surface area contributed by atoms with Crippen LogP contribution in [0.3, 0.4) is 0 Å². The summed E-state index contributed by atoms with van der Waals surface area (Å²) in [5, 5.41) is 2.41. The van der Waals surface area contributed by atoms with Crippen molar-refractivity contribution in [2.75, 3.05) is 0 Å². The van der Waals surface area contributed by atoms with Crippen LogP contribution in [-0.2, 0) is 5.41 Å². The van der Waals surface area contributed by atoms with Crippen molar-refractivity contribution in [3.8, 4) is 45.0 Å². The molecule has 0 fully saturated rings. The van der Waals surface area contributed by atoms with Gasteiger partial charge in [-0.15, -0.1) is 0 Å². The standard InChI is InChI=1S/C45H28N2S/c1-2-13-30(14-3-1)44-46-40(32-23-22-29-12-4-5-15-31(29)26-32)28-41(47-44)33-24-25-43-39(27-33)45(38-20-10-11-21-42(38)48-43)36-18-8-6-16-34(36)35-17-7-9-19-37(35)45/h1-28H. The average Bonchev–Trinajstić information content (AvgIpc) is 3.45. The number of benzene rings is 7. The molecule has 1 aliphatic carbocycles. The van der Waals surface area contributed by atoms with Gasteiger partial charge < -0.3 is 0 Å². The third kappa shape index (κ3) is 4.01. The van der Waals surface area contributed by atoms with E-state index in [0.717, 1.165) is 33.9 Å². The van der Waals surface area contributed by atoms with Gasteiger partial charge in [0.15, 0.2) is 5.82 Å². The van der Waals surface area contributed by atoms with Crippen LogP contribution in [0, 0.1) is 0 Å². The minimum atomic E-state index is -0.434. The van der Waals surface area contributed by atoms with Gasteiger partial charge in [0.05, 0.1) is 16.8 Å². The minimum Gasteiger partial charge on any atom is -0.228 e. The Labute approximate surface area is 283 Å². The first-order valence-corrected chi connectivity index (χ1v) is 17.1. The van der Waals surface area contributed by atoms with E-state index in [2.05, 4.69) is 152 Å². The molecule has 7 aromatic carbocycles. The highest BCUT2D eigenvalue weighted by atomic mass is 32.2. The number of nitrogens with zero attached hydrogens (tertiary/aromatic N) is 2. The first-order valence-electron chi connectivity index (χ1n) is 16.3. The van der Waals surface area contributed by atoms with Crippen LogP contribution < -0.4 is 0 Å². The van der Waals surface area contributed by atoms with E-state index in [1.54, 1.807) is 0 Å². The summed E-state index contributed by atoms with van der Waals surface area (Å²) in [6.07, 6.45) is 0. The van der Waals surface area contributed by atoms with E-state index < -0.39 is 5.41 Å². The minimum absolute atomic E-state index is 0.434. The van der Waals surface area contributed by atoms with E-state index in [1.165, 1.54) is 53.9 Å². The summed E-state index contributed by atoms with van der Waals surface area (Å²) in [7, 11) is 0. The van der Waals surface area contributed by atoms with Gasteiger partial charge in [-0.2, -0.15) is 0 Å². The first kappa shape index (κ1) is 27.4. The van der Waals surface area contributed by atoms with Crippen molar-refractivity contribution in [2.45, 2.75) is 15.2 Å². The molecule has 3 heteroatoms. The van der Waals surface area contributed by atoms with Crippen LogP contribution in [0.5, 0.6) is 0 Å². The van der Waals surface area contributed by atoms with E-state index in [-0.39, 0.29) is 0 Å². The summed E-state index contributed by atoms with van der Waals surface area (Å²) < 4.78 is 0. The highest BCUT2D eigenvalue weighted by molar-refractivity contribution is 7.99. The lowest BCUT2D eigenvalue weighted by Gasteiger charge is -2.39. The molecule has 2 heterocycles. The molecule has 0 unspecified atom stereocenters. The smallest absolute Gasteiger partial charge is 0.160 e. The Morgan fingerprint density at radius 2 is 0.938 bits per heavy atom. The maximum atomic E-state index is 5.24. The van der Waals surface area contributed by atoms with Gasteiger partial charge in [-0.25, -0.2) is 9.97 Å². The van der Waals surface area contributed by atoms with Gasteiger partial charge in [-0.1, -0.05) is 151 Å². The molecule has 0 amide bonds. The summed E-state index contributed by atoms with van der Waals surface area (Å²) >= 11 is 1.86. The molecule has 2 aliphatic rings. The first-order chi connectivity index (χ1) is 23.8. The van der Waals surface area contributed by atoms with Crippen LogP contribution >= 0.6 is 11.8 Å². The Bertz CT molecular complexity index is 2510. The van der Waals surface area contributed by atoms with Crippen molar-refractivity contribution >= 4 is 22.5 Å². The zero-order valence-electron chi connectivity index (χ0n) is 26.0. The Morgan fingerprint density at radius 1 is 0.375 bits per heavy atom. The zero-order chi connectivity index (χ0) is 31.7. The second kappa shape index (κ2) is 10.6. The van der Waals surface area contributed by atoms with Crippen molar-refractivity contribution in [3.63, 3.8) is 0 Å². The van der Waals surface area contributed by atoms with Crippen LogP contribution in [0.1, 0.15) is 22.3 Å². The largest absolute Gasteiger partial charge is 0.228 e. The molecule has 2 nitrogen and oxygen atoms in total. The average molecular weight is 629 g/mol. The molecule has 224 valence electrons. The molecule has 48 heavy (non-hydrogen) atoms. The summed E-state index contributed by atoms with van der Waals surface area (Å²) in [6, 6.07) is 61.3. The monoisotopic (exact) mass is 628 g/mol. The molecule has 0 atom stereocenters. The van der Waals surface area contributed by atoms with E-state index >= 15 is 0 Å². The zero-order valence-corrected chi connectivity index (χ0v) is 26.8. The van der Waals surface area contributed by atoms with Crippen molar-refractivity contribution in [2.24, 2.45) is 0 Å².